The van der Waals surface area contributed by atoms with Gasteiger partial charge in [0.2, 0.25) is 0 Å². The van der Waals surface area contributed by atoms with E-state index in [9.17, 15) is 4.79 Å². The fraction of sp³-hybridized carbons (Fsp3) is 0.174. The minimum Gasteiger partial charge on any atom is -0.360 e. The van der Waals surface area contributed by atoms with Crippen LogP contribution in [0.4, 0.5) is 0 Å². The van der Waals surface area contributed by atoms with Gasteiger partial charge in [-0.1, -0.05) is 97.9 Å². The molecule has 1 unspecified atom stereocenters. The monoisotopic (exact) mass is 330 g/mol. The molecule has 0 aromatic heterocycles. The van der Waals surface area contributed by atoms with Gasteiger partial charge in [0.05, 0.1) is 6.61 Å². The Morgan fingerprint density at radius 1 is 0.760 bits per heavy atom. The van der Waals surface area contributed by atoms with Gasteiger partial charge in [-0.25, -0.2) is 0 Å². The molecule has 0 spiro atoms. The van der Waals surface area contributed by atoms with Crippen LogP contribution in [0, 0.1) is 5.92 Å². The van der Waals surface area contributed by atoms with Crippen LogP contribution in [0.15, 0.2) is 91.0 Å². The average molecular weight is 330 g/mol. The predicted octanol–water partition coefficient (Wildman–Crippen LogP) is 4.83. The summed E-state index contributed by atoms with van der Waals surface area (Å²) in [6, 6.07) is 30.5. The second kappa shape index (κ2) is 7.91. The van der Waals surface area contributed by atoms with Crippen molar-refractivity contribution in [3.63, 3.8) is 0 Å². The standard InChI is InChI=1S/C23H22O2/c1-19(17-24)18-25-23(20-11-5-2-6-12-20,21-13-7-3-8-14-21)22-15-9-4-10-16-22/h2-17,19H,18H2,1H3. The van der Waals surface area contributed by atoms with E-state index in [-0.39, 0.29) is 5.92 Å². The molecule has 25 heavy (non-hydrogen) atoms. The maximum absolute atomic E-state index is 11.2. The van der Waals surface area contributed by atoms with Gasteiger partial charge in [-0.2, -0.15) is 0 Å². The highest BCUT2D eigenvalue weighted by molar-refractivity contribution is 5.53. The summed E-state index contributed by atoms with van der Waals surface area (Å²) in [5.41, 5.74) is 2.39. The molecule has 0 radical (unpaired) electrons. The highest BCUT2D eigenvalue weighted by Gasteiger charge is 2.37. The van der Waals surface area contributed by atoms with Gasteiger partial charge in [-0.3, -0.25) is 0 Å². The molecule has 0 aliphatic carbocycles. The van der Waals surface area contributed by atoms with E-state index in [1.54, 1.807) is 0 Å². The van der Waals surface area contributed by atoms with E-state index in [0.717, 1.165) is 23.0 Å². The number of aldehydes is 1. The van der Waals surface area contributed by atoms with E-state index in [0.29, 0.717) is 6.61 Å². The minimum atomic E-state index is -0.749. The predicted molar refractivity (Wildman–Crippen MR) is 100 cm³/mol. The Bertz CT molecular complexity index is 685. The van der Waals surface area contributed by atoms with Crippen LogP contribution < -0.4 is 0 Å². The van der Waals surface area contributed by atoms with Crippen LogP contribution in [0.2, 0.25) is 0 Å². The van der Waals surface area contributed by atoms with E-state index < -0.39 is 5.60 Å². The summed E-state index contributed by atoms with van der Waals surface area (Å²) in [7, 11) is 0. The molecule has 0 bridgehead atoms. The van der Waals surface area contributed by atoms with Gasteiger partial charge in [-0.05, 0) is 16.7 Å². The lowest BCUT2D eigenvalue weighted by Gasteiger charge is -2.36. The maximum Gasteiger partial charge on any atom is 0.143 e. The van der Waals surface area contributed by atoms with Crippen LogP contribution in [0.1, 0.15) is 23.6 Å². The molecule has 1 atom stereocenters. The van der Waals surface area contributed by atoms with E-state index in [4.69, 9.17) is 4.74 Å². The van der Waals surface area contributed by atoms with Gasteiger partial charge in [0.15, 0.2) is 0 Å². The van der Waals surface area contributed by atoms with Crippen molar-refractivity contribution in [3.05, 3.63) is 108 Å². The van der Waals surface area contributed by atoms with Crippen LogP contribution in [-0.4, -0.2) is 12.9 Å². The first-order valence-corrected chi connectivity index (χ1v) is 8.53. The second-order valence-electron chi connectivity index (χ2n) is 6.20. The van der Waals surface area contributed by atoms with Crippen molar-refractivity contribution in [2.24, 2.45) is 5.92 Å². The second-order valence-corrected chi connectivity index (χ2v) is 6.20. The fourth-order valence-corrected chi connectivity index (χ4v) is 3.06. The molecule has 2 heteroatoms. The molecule has 2 nitrogen and oxygen atoms in total. The zero-order valence-corrected chi connectivity index (χ0v) is 14.3. The van der Waals surface area contributed by atoms with Crippen LogP contribution in [-0.2, 0) is 15.1 Å². The third-order valence-corrected chi connectivity index (χ3v) is 4.34. The molecule has 0 heterocycles. The third kappa shape index (κ3) is 3.54. The zero-order valence-electron chi connectivity index (χ0n) is 14.3. The van der Waals surface area contributed by atoms with Crippen molar-refractivity contribution in [1.82, 2.24) is 0 Å². The van der Waals surface area contributed by atoms with E-state index in [1.807, 2.05) is 61.5 Å². The Morgan fingerprint density at radius 3 is 1.44 bits per heavy atom. The molecule has 0 saturated carbocycles. The highest BCUT2D eigenvalue weighted by atomic mass is 16.5. The average Bonchev–Trinajstić information content (AvgIpc) is 2.71. The van der Waals surface area contributed by atoms with Gasteiger partial charge in [0, 0.05) is 5.92 Å². The van der Waals surface area contributed by atoms with E-state index in [1.165, 1.54) is 0 Å². The van der Waals surface area contributed by atoms with Crippen LogP contribution >= 0.6 is 0 Å². The summed E-state index contributed by atoms with van der Waals surface area (Å²) in [5.74, 6) is -0.171. The van der Waals surface area contributed by atoms with Gasteiger partial charge in [-0.15, -0.1) is 0 Å². The summed E-state index contributed by atoms with van der Waals surface area (Å²) in [6.07, 6.45) is 0.936. The Kier molecular flexibility index (Phi) is 5.42. The first-order valence-electron chi connectivity index (χ1n) is 8.53. The molecule has 0 N–H and O–H groups in total. The summed E-state index contributed by atoms with van der Waals surface area (Å²) < 4.78 is 6.51. The molecule has 3 rings (SSSR count). The summed E-state index contributed by atoms with van der Waals surface area (Å²) in [6.45, 7) is 2.22. The molecule has 0 saturated heterocycles. The molecular weight excluding hydrogens is 308 g/mol. The lowest BCUT2D eigenvalue weighted by Crippen LogP contribution is -2.34. The number of hydrogen-bond acceptors (Lipinski definition) is 2. The van der Waals surface area contributed by atoms with Crippen LogP contribution in [0.5, 0.6) is 0 Å². The Labute approximate surface area is 149 Å². The molecule has 0 fully saturated rings. The molecule has 126 valence electrons. The van der Waals surface area contributed by atoms with Gasteiger partial charge in [0.1, 0.15) is 11.9 Å². The summed E-state index contributed by atoms with van der Waals surface area (Å²) in [5, 5.41) is 0. The molecule has 0 amide bonds. The quantitative estimate of drug-likeness (QED) is 0.458. The number of ether oxygens (including phenoxy) is 1. The van der Waals surface area contributed by atoms with Gasteiger partial charge >= 0.3 is 0 Å². The molecule has 3 aromatic rings. The van der Waals surface area contributed by atoms with Gasteiger partial charge in [0.25, 0.3) is 0 Å². The zero-order chi connectivity index (χ0) is 17.5. The van der Waals surface area contributed by atoms with Crippen LogP contribution in [0.3, 0.4) is 0 Å². The Hall–Kier alpha value is -2.71. The van der Waals surface area contributed by atoms with E-state index >= 15 is 0 Å². The topological polar surface area (TPSA) is 26.3 Å². The minimum absolute atomic E-state index is 0.171. The number of rotatable bonds is 7. The maximum atomic E-state index is 11.2. The molecule has 0 aliphatic heterocycles. The van der Waals surface area contributed by atoms with Crippen molar-refractivity contribution in [3.8, 4) is 0 Å². The lowest BCUT2D eigenvalue weighted by atomic mass is 9.80. The van der Waals surface area contributed by atoms with Crippen molar-refractivity contribution in [2.75, 3.05) is 6.61 Å². The van der Waals surface area contributed by atoms with Gasteiger partial charge < -0.3 is 9.53 Å². The first-order chi connectivity index (χ1) is 12.3. The Balaban J connectivity index is 2.22. The smallest absolute Gasteiger partial charge is 0.143 e. The normalized spacial score (nSPS) is 12.5. The summed E-state index contributed by atoms with van der Waals surface area (Å²) in [4.78, 5) is 11.2. The van der Waals surface area contributed by atoms with Crippen molar-refractivity contribution >= 4 is 6.29 Å². The van der Waals surface area contributed by atoms with E-state index in [2.05, 4.69) is 36.4 Å². The number of hydrogen-bond donors (Lipinski definition) is 0. The molecule has 0 aliphatic rings. The number of benzene rings is 3. The molecule has 3 aromatic carbocycles. The van der Waals surface area contributed by atoms with Crippen molar-refractivity contribution in [2.45, 2.75) is 12.5 Å². The summed E-state index contributed by atoms with van der Waals surface area (Å²) >= 11 is 0. The first kappa shape index (κ1) is 17.1. The lowest BCUT2D eigenvalue weighted by molar-refractivity contribution is -0.114. The van der Waals surface area contributed by atoms with Crippen molar-refractivity contribution < 1.29 is 9.53 Å². The fourth-order valence-electron chi connectivity index (χ4n) is 3.06. The Morgan fingerprint density at radius 2 is 1.12 bits per heavy atom. The number of carbonyl (C=O) groups is 1. The largest absolute Gasteiger partial charge is 0.360 e. The van der Waals surface area contributed by atoms with Crippen molar-refractivity contribution in [1.29, 1.82) is 0 Å². The SMILES string of the molecule is CC(C=O)COC(c1ccccc1)(c1ccccc1)c1ccccc1. The van der Waals surface area contributed by atoms with Crippen LogP contribution in [0.25, 0.3) is 0 Å². The molecular formula is C23H22O2. The third-order valence-electron chi connectivity index (χ3n) is 4.34. The number of carbonyl (C=O) groups excluding carboxylic acids is 1. The highest BCUT2D eigenvalue weighted by Crippen LogP contribution is 2.40.